The maximum absolute atomic E-state index is 12.5. The summed E-state index contributed by atoms with van der Waals surface area (Å²) in [7, 11) is 0. The van der Waals surface area contributed by atoms with Crippen molar-refractivity contribution in [2.24, 2.45) is 0 Å². The predicted octanol–water partition coefficient (Wildman–Crippen LogP) is 2.77. The number of benzene rings is 2. The first-order chi connectivity index (χ1) is 12.3. The van der Waals surface area contributed by atoms with Crippen molar-refractivity contribution in [3.05, 3.63) is 77.6 Å². The minimum atomic E-state index is -0.0162. The smallest absolute Gasteiger partial charge is 0.189 e. The van der Waals surface area contributed by atoms with Gasteiger partial charge in [-0.05, 0) is 42.1 Å². The molecule has 4 rings (SSSR count). The zero-order valence-electron chi connectivity index (χ0n) is 13.9. The first kappa shape index (κ1) is 15.7. The first-order valence-electron chi connectivity index (χ1n) is 8.60. The van der Waals surface area contributed by atoms with E-state index in [-0.39, 0.29) is 5.78 Å². The molecule has 1 N–H and O–H groups in total. The van der Waals surface area contributed by atoms with Gasteiger partial charge in [0, 0.05) is 13.0 Å². The molecule has 1 aliphatic rings. The van der Waals surface area contributed by atoms with Gasteiger partial charge in [-0.15, -0.1) is 5.10 Å². The number of para-hydroxylation sites is 1. The number of carbonyl (C=O) groups is 1. The third-order valence-corrected chi connectivity index (χ3v) is 4.64. The summed E-state index contributed by atoms with van der Waals surface area (Å²) in [5, 5.41) is 11.9. The molecule has 1 fully saturated rings. The van der Waals surface area contributed by atoms with Gasteiger partial charge in [0.15, 0.2) is 5.78 Å². The van der Waals surface area contributed by atoms with Crippen LogP contribution in [0, 0.1) is 0 Å². The highest BCUT2D eigenvalue weighted by Crippen LogP contribution is 2.22. The van der Waals surface area contributed by atoms with Crippen LogP contribution >= 0.6 is 0 Å². The van der Waals surface area contributed by atoms with E-state index in [0.717, 1.165) is 24.3 Å². The van der Waals surface area contributed by atoms with Gasteiger partial charge in [-0.1, -0.05) is 42.5 Å². The van der Waals surface area contributed by atoms with Crippen LogP contribution in [0.5, 0.6) is 0 Å². The lowest BCUT2D eigenvalue weighted by Crippen LogP contribution is -2.08. The molecule has 5 heteroatoms. The molecule has 25 heavy (non-hydrogen) atoms. The minimum Gasteiger partial charge on any atom is -0.316 e. The van der Waals surface area contributed by atoms with Crippen LogP contribution in [0.4, 0.5) is 0 Å². The molecule has 1 aliphatic heterocycles. The van der Waals surface area contributed by atoms with E-state index < -0.39 is 0 Å². The minimum absolute atomic E-state index is 0.0162. The number of hydrogen-bond acceptors (Lipinski definition) is 4. The number of aromatic nitrogens is 3. The number of nitrogens with zero attached hydrogens (tertiary/aromatic N) is 3. The van der Waals surface area contributed by atoms with Gasteiger partial charge in [0.05, 0.1) is 11.9 Å². The van der Waals surface area contributed by atoms with Crippen LogP contribution in [-0.2, 0) is 6.42 Å². The van der Waals surface area contributed by atoms with Gasteiger partial charge in [-0.2, -0.15) is 9.90 Å². The summed E-state index contributed by atoms with van der Waals surface area (Å²) in [5.41, 5.74) is 3.59. The van der Waals surface area contributed by atoms with Gasteiger partial charge in [0.2, 0.25) is 0 Å². The molecule has 2 heterocycles. The average molecular weight is 332 g/mol. The standard InChI is InChI=1S/C20H20N4O/c25-20(19-14-22-24(23-19)18-4-2-1-3-5-18)12-15-6-8-16(9-7-15)17-10-11-21-13-17/h1-9,14,17,21H,10-13H2. The van der Waals surface area contributed by atoms with E-state index in [0.29, 0.717) is 18.0 Å². The van der Waals surface area contributed by atoms with Crippen LogP contribution in [0.25, 0.3) is 5.69 Å². The van der Waals surface area contributed by atoms with Gasteiger partial charge in [0.1, 0.15) is 5.69 Å². The van der Waals surface area contributed by atoms with E-state index in [4.69, 9.17) is 0 Å². The lowest BCUT2D eigenvalue weighted by Gasteiger charge is -2.09. The molecule has 0 saturated carbocycles. The second kappa shape index (κ2) is 6.99. The van der Waals surface area contributed by atoms with Crippen molar-refractivity contribution in [3.63, 3.8) is 0 Å². The number of hydrogen-bond donors (Lipinski definition) is 1. The summed E-state index contributed by atoms with van der Waals surface area (Å²) in [6, 6.07) is 18.0. The number of rotatable bonds is 5. The Bertz CT molecular complexity index is 849. The summed E-state index contributed by atoms with van der Waals surface area (Å²) in [6.45, 7) is 2.13. The van der Waals surface area contributed by atoms with Crippen LogP contribution < -0.4 is 5.32 Å². The Morgan fingerprint density at radius 2 is 1.92 bits per heavy atom. The summed E-state index contributed by atoms with van der Waals surface area (Å²) in [5.74, 6) is 0.577. The molecule has 126 valence electrons. The molecule has 0 radical (unpaired) electrons. The monoisotopic (exact) mass is 332 g/mol. The molecule has 1 aromatic heterocycles. The van der Waals surface area contributed by atoms with E-state index in [9.17, 15) is 4.79 Å². The van der Waals surface area contributed by atoms with Crippen LogP contribution in [0.15, 0.2) is 60.8 Å². The van der Waals surface area contributed by atoms with Gasteiger partial charge >= 0.3 is 0 Å². The van der Waals surface area contributed by atoms with E-state index in [1.807, 2.05) is 42.5 Å². The molecular weight excluding hydrogens is 312 g/mol. The largest absolute Gasteiger partial charge is 0.316 e. The summed E-state index contributed by atoms with van der Waals surface area (Å²) in [4.78, 5) is 14.0. The van der Waals surface area contributed by atoms with E-state index in [1.165, 1.54) is 23.0 Å². The Kier molecular flexibility index (Phi) is 4.39. The lowest BCUT2D eigenvalue weighted by atomic mass is 9.96. The Balaban J connectivity index is 1.44. The van der Waals surface area contributed by atoms with Gasteiger partial charge < -0.3 is 5.32 Å². The SMILES string of the molecule is O=C(Cc1ccc(C2CCNC2)cc1)c1cnn(-c2ccccc2)n1. The number of ketones is 1. The molecule has 0 bridgehead atoms. The van der Waals surface area contributed by atoms with Crippen molar-refractivity contribution < 1.29 is 4.79 Å². The third-order valence-electron chi connectivity index (χ3n) is 4.64. The molecule has 0 spiro atoms. The van der Waals surface area contributed by atoms with Crippen molar-refractivity contribution in [1.29, 1.82) is 0 Å². The fraction of sp³-hybridized carbons (Fsp3) is 0.250. The van der Waals surface area contributed by atoms with Crippen molar-refractivity contribution in [3.8, 4) is 5.69 Å². The first-order valence-corrected chi connectivity index (χ1v) is 8.60. The Morgan fingerprint density at radius 1 is 1.12 bits per heavy atom. The average Bonchev–Trinajstić information content (AvgIpc) is 3.35. The van der Waals surface area contributed by atoms with Crippen LogP contribution in [0.3, 0.4) is 0 Å². The number of carbonyl (C=O) groups excluding carboxylic acids is 1. The third kappa shape index (κ3) is 3.51. The highest BCUT2D eigenvalue weighted by Gasteiger charge is 2.17. The van der Waals surface area contributed by atoms with E-state index in [2.05, 4.69) is 27.6 Å². The Morgan fingerprint density at radius 3 is 2.64 bits per heavy atom. The lowest BCUT2D eigenvalue weighted by molar-refractivity contribution is 0.0988. The molecule has 1 saturated heterocycles. The summed E-state index contributed by atoms with van der Waals surface area (Å²) < 4.78 is 0. The van der Waals surface area contributed by atoms with Gasteiger partial charge in [-0.3, -0.25) is 4.79 Å². The number of Topliss-reactive ketones (excluding diaryl/α,β-unsaturated/α-hetero) is 1. The highest BCUT2D eigenvalue weighted by atomic mass is 16.1. The molecule has 1 unspecified atom stereocenters. The van der Waals surface area contributed by atoms with Crippen molar-refractivity contribution in [1.82, 2.24) is 20.3 Å². The predicted molar refractivity (Wildman–Crippen MR) is 96.1 cm³/mol. The zero-order chi connectivity index (χ0) is 17.1. The molecule has 1 atom stereocenters. The van der Waals surface area contributed by atoms with Crippen molar-refractivity contribution >= 4 is 5.78 Å². The second-order valence-corrected chi connectivity index (χ2v) is 6.39. The normalized spacial score (nSPS) is 16.9. The molecule has 2 aromatic carbocycles. The van der Waals surface area contributed by atoms with Crippen LogP contribution in [0.1, 0.15) is 34.0 Å². The van der Waals surface area contributed by atoms with E-state index in [1.54, 1.807) is 0 Å². The maximum atomic E-state index is 12.5. The molecule has 0 amide bonds. The zero-order valence-corrected chi connectivity index (χ0v) is 13.9. The topological polar surface area (TPSA) is 59.8 Å². The highest BCUT2D eigenvalue weighted by molar-refractivity contribution is 5.95. The quantitative estimate of drug-likeness (QED) is 0.730. The van der Waals surface area contributed by atoms with Crippen molar-refractivity contribution in [2.45, 2.75) is 18.8 Å². The van der Waals surface area contributed by atoms with E-state index >= 15 is 0 Å². The second-order valence-electron chi connectivity index (χ2n) is 6.39. The molecule has 0 aliphatic carbocycles. The number of nitrogens with one attached hydrogen (secondary N) is 1. The van der Waals surface area contributed by atoms with Crippen LogP contribution in [0.2, 0.25) is 0 Å². The molecular formula is C20H20N4O. The fourth-order valence-corrected chi connectivity index (χ4v) is 3.20. The van der Waals surface area contributed by atoms with Crippen molar-refractivity contribution in [2.75, 3.05) is 13.1 Å². The molecule has 3 aromatic rings. The maximum Gasteiger partial charge on any atom is 0.189 e. The van der Waals surface area contributed by atoms with Crippen LogP contribution in [-0.4, -0.2) is 33.9 Å². The molecule has 5 nitrogen and oxygen atoms in total. The van der Waals surface area contributed by atoms with Gasteiger partial charge in [0.25, 0.3) is 0 Å². The Labute approximate surface area is 146 Å². The summed E-state index contributed by atoms with van der Waals surface area (Å²) >= 11 is 0. The van der Waals surface area contributed by atoms with Gasteiger partial charge in [-0.25, -0.2) is 0 Å². The fourth-order valence-electron chi connectivity index (χ4n) is 3.20. The Hall–Kier alpha value is -2.79. The summed E-state index contributed by atoms with van der Waals surface area (Å²) in [6.07, 6.45) is 3.06.